The van der Waals surface area contributed by atoms with Crippen LogP contribution in [0.1, 0.15) is 34.1 Å². The predicted octanol–water partition coefficient (Wildman–Crippen LogP) is 0.912. The van der Waals surface area contributed by atoms with Crippen molar-refractivity contribution >= 4 is 5.91 Å². The number of carbonyl (C=O) groups is 1. The highest BCUT2D eigenvalue weighted by Crippen LogP contribution is 2.17. The van der Waals surface area contributed by atoms with Crippen LogP contribution in [0.15, 0.2) is 0 Å². The second-order valence-corrected chi connectivity index (χ2v) is 5.22. The molecule has 0 aromatic heterocycles. The first-order valence-corrected chi connectivity index (χ1v) is 6.79. The van der Waals surface area contributed by atoms with Gasteiger partial charge in [-0.2, -0.15) is 0 Å². The van der Waals surface area contributed by atoms with E-state index in [9.17, 15) is 4.79 Å². The highest BCUT2D eigenvalue weighted by Gasteiger charge is 2.32. The summed E-state index contributed by atoms with van der Waals surface area (Å²) in [5.41, 5.74) is 5.92. The maximum atomic E-state index is 12.1. The van der Waals surface area contributed by atoms with Gasteiger partial charge in [0.25, 0.3) is 0 Å². The molecule has 4 heteroatoms. The maximum absolute atomic E-state index is 12.1. The van der Waals surface area contributed by atoms with Gasteiger partial charge in [0, 0.05) is 19.1 Å². The zero-order chi connectivity index (χ0) is 13.0. The van der Waals surface area contributed by atoms with Crippen LogP contribution in [0.25, 0.3) is 0 Å². The van der Waals surface area contributed by atoms with Crippen LogP contribution in [-0.4, -0.2) is 54.0 Å². The zero-order valence-corrected chi connectivity index (χ0v) is 11.6. The van der Waals surface area contributed by atoms with Gasteiger partial charge in [-0.1, -0.05) is 27.7 Å². The molecule has 2 N–H and O–H groups in total. The van der Waals surface area contributed by atoms with Crippen LogP contribution >= 0.6 is 0 Å². The SMILES string of the molecule is CCN(CC)C1CCN(C(=O)C(N)C(C)C)C1. The molecule has 100 valence electrons. The zero-order valence-electron chi connectivity index (χ0n) is 11.6. The minimum Gasteiger partial charge on any atom is -0.340 e. The van der Waals surface area contributed by atoms with Crippen molar-refractivity contribution in [2.75, 3.05) is 26.2 Å². The summed E-state index contributed by atoms with van der Waals surface area (Å²) in [6.45, 7) is 12.2. The third kappa shape index (κ3) is 3.42. The molecule has 1 aliphatic rings. The van der Waals surface area contributed by atoms with E-state index in [0.717, 1.165) is 32.6 Å². The van der Waals surface area contributed by atoms with Crippen LogP contribution in [0, 0.1) is 5.92 Å². The molecule has 1 amide bonds. The lowest BCUT2D eigenvalue weighted by molar-refractivity contribution is -0.132. The quantitative estimate of drug-likeness (QED) is 0.778. The molecule has 2 atom stereocenters. The van der Waals surface area contributed by atoms with Gasteiger partial charge in [0.15, 0.2) is 0 Å². The number of nitrogens with two attached hydrogens (primary N) is 1. The Morgan fingerprint density at radius 2 is 2.00 bits per heavy atom. The molecule has 1 rings (SSSR count). The maximum Gasteiger partial charge on any atom is 0.239 e. The van der Waals surface area contributed by atoms with Crippen LogP contribution in [0.4, 0.5) is 0 Å². The highest BCUT2D eigenvalue weighted by atomic mass is 16.2. The summed E-state index contributed by atoms with van der Waals surface area (Å²) in [6.07, 6.45) is 1.08. The average Bonchev–Trinajstić information content (AvgIpc) is 2.78. The predicted molar refractivity (Wildman–Crippen MR) is 70.7 cm³/mol. The van der Waals surface area contributed by atoms with Gasteiger partial charge < -0.3 is 10.6 Å². The van der Waals surface area contributed by atoms with Gasteiger partial charge in [0.1, 0.15) is 0 Å². The van der Waals surface area contributed by atoms with Crippen LogP contribution in [-0.2, 0) is 4.79 Å². The molecular weight excluding hydrogens is 214 g/mol. The van der Waals surface area contributed by atoms with E-state index in [1.54, 1.807) is 0 Å². The van der Waals surface area contributed by atoms with Crippen LogP contribution in [0.2, 0.25) is 0 Å². The first-order valence-electron chi connectivity index (χ1n) is 6.79. The van der Waals surface area contributed by atoms with Crippen molar-refractivity contribution in [1.82, 2.24) is 9.80 Å². The molecule has 0 aliphatic carbocycles. The Morgan fingerprint density at radius 3 is 2.47 bits per heavy atom. The molecule has 1 heterocycles. The molecule has 1 saturated heterocycles. The smallest absolute Gasteiger partial charge is 0.239 e. The van der Waals surface area contributed by atoms with Gasteiger partial charge in [0.2, 0.25) is 5.91 Å². The first-order chi connectivity index (χ1) is 8.01. The van der Waals surface area contributed by atoms with Crippen molar-refractivity contribution in [3.8, 4) is 0 Å². The molecule has 4 nitrogen and oxygen atoms in total. The van der Waals surface area contributed by atoms with Crippen molar-refractivity contribution < 1.29 is 4.79 Å². The largest absolute Gasteiger partial charge is 0.340 e. The van der Waals surface area contributed by atoms with E-state index in [2.05, 4.69) is 18.7 Å². The summed E-state index contributed by atoms with van der Waals surface area (Å²) in [5, 5.41) is 0. The number of rotatable bonds is 5. The van der Waals surface area contributed by atoms with E-state index in [1.165, 1.54) is 0 Å². The van der Waals surface area contributed by atoms with Crippen molar-refractivity contribution in [1.29, 1.82) is 0 Å². The number of hydrogen-bond acceptors (Lipinski definition) is 3. The van der Waals surface area contributed by atoms with Gasteiger partial charge in [0.05, 0.1) is 6.04 Å². The fraction of sp³-hybridized carbons (Fsp3) is 0.923. The van der Waals surface area contributed by atoms with E-state index in [0.29, 0.717) is 6.04 Å². The number of amides is 1. The first kappa shape index (κ1) is 14.5. The highest BCUT2D eigenvalue weighted by molar-refractivity contribution is 5.82. The standard InChI is InChI=1S/C13H27N3O/c1-5-15(6-2)11-7-8-16(9-11)13(17)12(14)10(3)4/h10-12H,5-9,14H2,1-4H3. The Morgan fingerprint density at radius 1 is 1.41 bits per heavy atom. The minimum absolute atomic E-state index is 0.120. The Bertz CT molecular complexity index is 251. The van der Waals surface area contributed by atoms with Gasteiger partial charge >= 0.3 is 0 Å². The van der Waals surface area contributed by atoms with Gasteiger partial charge in [-0.15, -0.1) is 0 Å². The minimum atomic E-state index is -0.342. The van der Waals surface area contributed by atoms with E-state index in [-0.39, 0.29) is 17.9 Å². The lowest BCUT2D eigenvalue weighted by Gasteiger charge is -2.27. The van der Waals surface area contributed by atoms with Crippen molar-refractivity contribution in [3.05, 3.63) is 0 Å². The van der Waals surface area contributed by atoms with Gasteiger partial charge in [-0.05, 0) is 25.4 Å². The monoisotopic (exact) mass is 241 g/mol. The normalized spacial score (nSPS) is 22.5. The lowest BCUT2D eigenvalue weighted by Crippen LogP contribution is -2.47. The molecule has 0 radical (unpaired) electrons. The molecule has 0 aromatic carbocycles. The fourth-order valence-corrected chi connectivity index (χ4v) is 2.48. The Hall–Kier alpha value is -0.610. The van der Waals surface area contributed by atoms with Crippen molar-refractivity contribution in [2.45, 2.75) is 46.2 Å². The molecule has 0 saturated carbocycles. The number of carbonyl (C=O) groups excluding carboxylic acids is 1. The molecule has 0 spiro atoms. The Balaban J connectivity index is 2.52. The Labute approximate surface area is 105 Å². The molecule has 0 aromatic rings. The molecule has 1 aliphatic heterocycles. The Kier molecular flexibility index (Phi) is 5.40. The van der Waals surface area contributed by atoms with Crippen LogP contribution in [0.3, 0.4) is 0 Å². The average molecular weight is 241 g/mol. The molecule has 0 bridgehead atoms. The van der Waals surface area contributed by atoms with Crippen molar-refractivity contribution in [2.24, 2.45) is 11.7 Å². The van der Waals surface area contributed by atoms with Crippen molar-refractivity contribution in [3.63, 3.8) is 0 Å². The van der Waals surface area contributed by atoms with Gasteiger partial charge in [-0.25, -0.2) is 0 Å². The van der Waals surface area contributed by atoms with E-state index >= 15 is 0 Å². The summed E-state index contributed by atoms with van der Waals surface area (Å²) >= 11 is 0. The number of likely N-dealkylation sites (N-methyl/N-ethyl adjacent to an activating group) is 1. The molecule has 2 unspecified atom stereocenters. The second kappa shape index (κ2) is 6.36. The summed E-state index contributed by atoms with van der Waals surface area (Å²) in [7, 11) is 0. The third-order valence-corrected chi connectivity index (χ3v) is 3.81. The van der Waals surface area contributed by atoms with E-state index < -0.39 is 0 Å². The fourth-order valence-electron chi connectivity index (χ4n) is 2.48. The second-order valence-electron chi connectivity index (χ2n) is 5.22. The number of hydrogen-bond donors (Lipinski definition) is 1. The van der Waals surface area contributed by atoms with Crippen LogP contribution in [0.5, 0.6) is 0 Å². The number of nitrogens with zero attached hydrogens (tertiary/aromatic N) is 2. The summed E-state index contributed by atoms with van der Waals surface area (Å²) in [5.74, 6) is 0.338. The van der Waals surface area contributed by atoms with Gasteiger partial charge in [-0.3, -0.25) is 9.69 Å². The molecule has 1 fully saturated rings. The summed E-state index contributed by atoms with van der Waals surface area (Å²) in [6, 6.07) is 0.179. The topological polar surface area (TPSA) is 49.6 Å². The molecular formula is C13H27N3O. The van der Waals surface area contributed by atoms with Crippen LogP contribution < -0.4 is 5.73 Å². The van der Waals surface area contributed by atoms with E-state index in [1.807, 2.05) is 18.7 Å². The summed E-state index contributed by atoms with van der Waals surface area (Å²) in [4.78, 5) is 16.5. The number of likely N-dealkylation sites (tertiary alicyclic amines) is 1. The third-order valence-electron chi connectivity index (χ3n) is 3.81. The lowest BCUT2D eigenvalue weighted by atomic mass is 10.0. The molecule has 17 heavy (non-hydrogen) atoms. The summed E-state index contributed by atoms with van der Waals surface area (Å²) < 4.78 is 0. The van der Waals surface area contributed by atoms with E-state index in [4.69, 9.17) is 5.73 Å².